The first-order chi connectivity index (χ1) is 19.4. The number of primary amides is 1. The summed E-state index contributed by atoms with van der Waals surface area (Å²) in [4.78, 5) is 51.2. The van der Waals surface area contributed by atoms with Crippen LogP contribution in [0, 0.1) is 17.8 Å². The number of methoxy groups -OCH3 is 1. The summed E-state index contributed by atoms with van der Waals surface area (Å²) in [5, 5.41) is 16.8. The Morgan fingerprint density at radius 3 is 2.56 bits per heavy atom. The number of aliphatic hydroxyl groups is 1. The summed E-state index contributed by atoms with van der Waals surface area (Å²) in [6.45, 7) is 11.1. The Kier molecular flexibility index (Phi) is 10.6. The van der Waals surface area contributed by atoms with E-state index in [1.807, 2.05) is 26.8 Å². The SMILES string of the molecule is C=CCNC1=C2CC(C)CC(OC)C(O)C(C)/C=C(\C)C(OC(N)=O)C3C/C3=C/C=C(\C)C(=O)NC(=CC1=O)C2=O. The molecule has 1 fully saturated rings. The number of ether oxygens (including phenoxy) is 2. The Labute approximate surface area is 241 Å². The van der Waals surface area contributed by atoms with Gasteiger partial charge >= 0.3 is 6.09 Å². The number of allylic oxidation sites excluding steroid dienone is 4. The molecule has 10 nitrogen and oxygen atoms in total. The number of carbonyl (C=O) groups excluding carboxylic acids is 4. The van der Waals surface area contributed by atoms with Crippen LogP contribution in [0.4, 0.5) is 4.79 Å². The maximum absolute atomic E-state index is 13.5. The van der Waals surface area contributed by atoms with Crippen molar-refractivity contribution in [3.63, 3.8) is 0 Å². The molecule has 222 valence electrons. The first kappa shape index (κ1) is 31.8. The van der Waals surface area contributed by atoms with Crippen LogP contribution in [0.1, 0.15) is 47.0 Å². The highest BCUT2D eigenvalue weighted by Gasteiger charge is 2.40. The first-order valence-electron chi connectivity index (χ1n) is 13.8. The van der Waals surface area contributed by atoms with Crippen molar-refractivity contribution < 1.29 is 33.8 Å². The summed E-state index contributed by atoms with van der Waals surface area (Å²) in [7, 11) is 1.51. The molecular weight excluding hydrogens is 526 g/mol. The summed E-state index contributed by atoms with van der Waals surface area (Å²) in [5.41, 5.74) is 7.72. The summed E-state index contributed by atoms with van der Waals surface area (Å²) < 4.78 is 11.1. The van der Waals surface area contributed by atoms with E-state index in [1.54, 1.807) is 25.2 Å². The zero-order valence-electron chi connectivity index (χ0n) is 24.4. The molecule has 2 aliphatic carbocycles. The van der Waals surface area contributed by atoms with E-state index >= 15 is 0 Å². The van der Waals surface area contributed by atoms with Gasteiger partial charge in [0.15, 0.2) is 0 Å². The summed E-state index contributed by atoms with van der Waals surface area (Å²) in [5.74, 6) is -2.04. The molecule has 6 unspecified atom stereocenters. The highest BCUT2D eigenvalue weighted by atomic mass is 16.6. The topological polar surface area (TPSA) is 157 Å². The van der Waals surface area contributed by atoms with Gasteiger partial charge in [0.25, 0.3) is 5.91 Å². The van der Waals surface area contributed by atoms with E-state index in [9.17, 15) is 24.3 Å². The molecule has 0 aromatic heterocycles. The monoisotopic (exact) mass is 567 g/mol. The Hall–Kier alpha value is -3.76. The first-order valence-corrected chi connectivity index (χ1v) is 13.8. The fourth-order valence-corrected chi connectivity index (χ4v) is 5.33. The van der Waals surface area contributed by atoms with Gasteiger partial charge in [0.1, 0.15) is 6.10 Å². The smallest absolute Gasteiger partial charge is 0.405 e. The van der Waals surface area contributed by atoms with Crippen molar-refractivity contribution in [2.45, 2.75) is 65.3 Å². The predicted octanol–water partition coefficient (Wildman–Crippen LogP) is 2.91. The number of Topliss-reactive ketones (excluding diaryl/α,β-unsaturated/α-hetero) is 1. The van der Waals surface area contributed by atoms with Crippen molar-refractivity contribution in [2.75, 3.05) is 13.7 Å². The molecule has 5 N–H and O–H groups in total. The lowest BCUT2D eigenvalue weighted by Crippen LogP contribution is -2.37. The van der Waals surface area contributed by atoms with Gasteiger partial charge < -0.3 is 30.9 Å². The third kappa shape index (κ3) is 7.92. The molecule has 10 heteroatoms. The minimum Gasteiger partial charge on any atom is -0.441 e. The van der Waals surface area contributed by atoms with Crippen LogP contribution in [0.3, 0.4) is 0 Å². The number of amides is 2. The fraction of sp³-hybridized carbons (Fsp3) is 0.484. The zero-order chi connectivity index (χ0) is 30.4. The molecule has 3 rings (SSSR count). The van der Waals surface area contributed by atoms with Crippen LogP contribution < -0.4 is 16.4 Å². The molecule has 3 aliphatic rings. The molecule has 6 atom stereocenters. The maximum atomic E-state index is 13.5. The molecule has 2 amide bonds. The Bertz CT molecular complexity index is 1260. The van der Waals surface area contributed by atoms with Gasteiger partial charge in [-0.05, 0) is 44.6 Å². The van der Waals surface area contributed by atoms with Crippen LogP contribution in [-0.4, -0.2) is 60.6 Å². The molecule has 0 radical (unpaired) electrons. The average molecular weight is 568 g/mol. The van der Waals surface area contributed by atoms with Crippen molar-refractivity contribution in [2.24, 2.45) is 23.5 Å². The third-order valence-electron chi connectivity index (χ3n) is 7.68. The summed E-state index contributed by atoms with van der Waals surface area (Å²) in [6, 6.07) is 0. The van der Waals surface area contributed by atoms with Gasteiger partial charge in [0.2, 0.25) is 11.6 Å². The van der Waals surface area contributed by atoms with Crippen molar-refractivity contribution >= 4 is 23.6 Å². The molecule has 1 aliphatic heterocycles. The van der Waals surface area contributed by atoms with Gasteiger partial charge in [-0.25, -0.2) is 4.79 Å². The van der Waals surface area contributed by atoms with Crippen LogP contribution >= 0.6 is 0 Å². The lowest BCUT2D eigenvalue weighted by molar-refractivity contribution is -0.120. The molecule has 1 saturated carbocycles. The van der Waals surface area contributed by atoms with Crippen LogP contribution in [0.25, 0.3) is 0 Å². The second-order valence-corrected chi connectivity index (χ2v) is 11.1. The molecular formula is C31H41N3O7. The normalized spacial score (nSPS) is 33.6. The molecule has 0 aromatic carbocycles. The Morgan fingerprint density at radius 2 is 1.93 bits per heavy atom. The highest BCUT2D eigenvalue weighted by molar-refractivity contribution is 6.23. The lowest BCUT2D eigenvalue weighted by Gasteiger charge is -2.29. The van der Waals surface area contributed by atoms with E-state index in [4.69, 9.17) is 15.2 Å². The molecule has 41 heavy (non-hydrogen) atoms. The van der Waals surface area contributed by atoms with Crippen molar-refractivity contribution in [1.29, 1.82) is 0 Å². The predicted molar refractivity (Wildman–Crippen MR) is 154 cm³/mol. The summed E-state index contributed by atoms with van der Waals surface area (Å²) >= 11 is 0. The van der Waals surface area contributed by atoms with Gasteiger partial charge in [-0.15, -0.1) is 6.58 Å². The van der Waals surface area contributed by atoms with E-state index in [2.05, 4.69) is 17.2 Å². The third-order valence-corrected chi connectivity index (χ3v) is 7.68. The van der Waals surface area contributed by atoms with Gasteiger partial charge in [-0.2, -0.15) is 0 Å². The van der Waals surface area contributed by atoms with E-state index in [-0.39, 0.29) is 47.7 Å². The number of nitrogens with one attached hydrogen (secondary N) is 2. The number of ketones is 2. The highest BCUT2D eigenvalue weighted by Crippen LogP contribution is 2.44. The second-order valence-electron chi connectivity index (χ2n) is 11.1. The lowest BCUT2D eigenvalue weighted by atomic mass is 9.85. The van der Waals surface area contributed by atoms with Crippen molar-refractivity contribution in [3.05, 3.63) is 70.6 Å². The Morgan fingerprint density at radius 1 is 1.22 bits per heavy atom. The van der Waals surface area contributed by atoms with Gasteiger partial charge in [-0.1, -0.05) is 43.7 Å². The molecule has 2 bridgehead atoms. The largest absolute Gasteiger partial charge is 0.441 e. The standard InChI is InChI=1S/C31H41N3O7/c1-7-10-33-26-22-11-16(2)12-25(40-6)27(36)18(4)13-19(5)29(41-31(32)39)21-14-20(21)9-8-17(3)30(38)34-23(28(22)37)15-24(26)35/h7-9,13,15-16,18,21,25,27,29,33,36H,1,10-12,14H2,2-6H3,(H2,32,39)(H,34,38)/b17-8+,19-13+,20-9-. The number of aliphatic hydroxyl groups excluding tert-OH is 1. The minimum atomic E-state index is -0.903. The van der Waals surface area contributed by atoms with Crippen LogP contribution in [0.2, 0.25) is 0 Å². The van der Waals surface area contributed by atoms with Crippen LogP contribution in [-0.2, 0) is 23.9 Å². The molecule has 0 aromatic rings. The molecule has 0 saturated heterocycles. The van der Waals surface area contributed by atoms with Crippen LogP contribution in [0.15, 0.2) is 70.6 Å². The van der Waals surface area contributed by atoms with Gasteiger partial charge in [0, 0.05) is 42.7 Å². The summed E-state index contributed by atoms with van der Waals surface area (Å²) in [6.07, 6.45) is 6.22. The van der Waals surface area contributed by atoms with Crippen LogP contribution in [0.5, 0.6) is 0 Å². The minimum absolute atomic E-state index is 0.0966. The van der Waals surface area contributed by atoms with E-state index < -0.39 is 41.9 Å². The Balaban J connectivity index is 2.04. The van der Waals surface area contributed by atoms with Crippen molar-refractivity contribution in [1.82, 2.24) is 10.6 Å². The number of hydrogen-bond acceptors (Lipinski definition) is 8. The van der Waals surface area contributed by atoms with E-state index in [0.29, 0.717) is 18.4 Å². The average Bonchev–Trinajstić information content (AvgIpc) is 3.69. The number of carbonyl (C=O) groups is 4. The second kappa shape index (κ2) is 13.7. The van der Waals surface area contributed by atoms with Gasteiger partial charge in [0.05, 0.1) is 23.6 Å². The van der Waals surface area contributed by atoms with Gasteiger partial charge in [-0.3, -0.25) is 14.4 Å². The number of nitrogens with two attached hydrogens (primary N) is 1. The van der Waals surface area contributed by atoms with E-state index in [0.717, 1.165) is 17.2 Å². The number of rotatable bonds is 5. The molecule has 0 spiro atoms. The number of fused-ring (bicyclic) bond motifs is 3. The molecule has 1 heterocycles. The maximum Gasteiger partial charge on any atom is 0.405 e. The van der Waals surface area contributed by atoms with Crippen molar-refractivity contribution in [3.8, 4) is 0 Å². The quantitative estimate of drug-likeness (QED) is 0.292. The number of hydrogen-bond donors (Lipinski definition) is 4. The fourth-order valence-electron chi connectivity index (χ4n) is 5.33. The zero-order valence-corrected chi connectivity index (χ0v) is 24.4. The van der Waals surface area contributed by atoms with E-state index in [1.165, 1.54) is 7.11 Å².